The summed E-state index contributed by atoms with van der Waals surface area (Å²) in [4.78, 5) is 14.4. The molecule has 0 spiro atoms. The van der Waals surface area contributed by atoms with E-state index < -0.39 is 4.92 Å². The number of hydrogen-bond donors (Lipinski definition) is 1. The summed E-state index contributed by atoms with van der Waals surface area (Å²) in [7, 11) is 0. The lowest BCUT2D eigenvalue weighted by molar-refractivity contribution is -0.384. The average molecular weight is 262 g/mol. The highest BCUT2D eigenvalue weighted by Crippen LogP contribution is 2.23. The van der Waals surface area contributed by atoms with Gasteiger partial charge in [0.05, 0.1) is 11.0 Å². The van der Waals surface area contributed by atoms with Crippen molar-refractivity contribution in [2.24, 2.45) is 5.73 Å². The third-order valence-electron chi connectivity index (χ3n) is 2.67. The standard InChI is InChI=1S/C12H14N4O3/c1-2-4-10(13)12-14-11(15-19-12)8-5-3-6-9(7-8)16(17)18/h3,5-7,10H,2,4,13H2,1H3/t10-/m0/s1. The van der Waals surface area contributed by atoms with Crippen LogP contribution in [0.2, 0.25) is 0 Å². The molecule has 0 radical (unpaired) electrons. The number of nitrogens with two attached hydrogens (primary N) is 1. The highest BCUT2D eigenvalue weighted by molar-refractivity contribution is 5.58. The van der Waals surface area contributed by atoms with Crippen molar-refractivity contribution in [3.8, 4) is 11.4 Å². The van der Waals surface area contributed by atoms with E-state index in [1.54, 1.807) is 12.1 Å². The second-order valence-electron chi connectivity index (χ2n) is 4.16. The molecule has 0 aliphatic carbocycles. The first kappa shape index (κ1) is 13.2. The van der Waals surface area contributed by atoms with Crippen LogP contribution in [0.4, 0.5) is 5.69 Å². The third-order valence-corrected chi connectivity index (χ3v) is 2.67. The Morgan fingerprint density at radius 1 is 1.53 bits per heavy atom. The Kier molecular flexibility index (Phi) is 3.86. The summed E-state index contributed by atoms with van der Waals surface area (Å²) in [5.41, 5.74) is 6.39. The molecule has 0 saturated heterocycles. The number of nitro groups is 1. The number of nitro benzene ring substituents is 1. The smallest absolute Gasteiger partial charge is 0.270 e. The molecule has 0 amide bonds. The van der Waals surface area contributed by atoms with E-state index in [4.69, 9.17) is 10.3 Å². The van der Waals surface area contributed by atoms with Gasteiger partial charge in [-0.15, -0.1) is 0 Å². The molecule has 1 aromatic heterocycles. The maximum absolute atomic E-state index is 10.7. The van der Waals surface area contributed by atoms with Crippen molar-refractivity contribution in [3.63, 3.8) is 0 Å². The monoisotopic (exact) mass is 262 g/mol. The Bertz CT molecular complexity index is 582. The fraction of sp³-hybridized carbons (Fsp3) is 0.333. The molecule has 0 unspecified atom stereocenters. The van der Waals surface area contributed by atoms with Crippen molar-refractivity contribution in [2.75, 3.05) is 0 Å². The van der Waals surface area contributed by atoms with Crippen molar-refractivity contribution in [2.45, 2.75) is 25.8 Å². The predicted octanol–water partition coefficient (Wildman–Crippen LogP) is 2.44. The van der Waals surface area contributed by atoms with Crippen molar-refractivity contribution >= 4 is 5.69 Å². The molecule has 2 aromatic rings. The van der Waals surface area contributed by atoms with Crippen LogP contribution in [0.15, 0.2) is 28.8 Å². The van der Waals surface area contributed by atoms with Gasteiger partial charge < -0.3 is 10.3 Å². The quantitative estimate of drug-likeness (QED) is 0.654. The maximum atomic E-state index is 10.7. The molecule has 0 bridgehead atoms. The Morgan fingerprint density at radius 3 is 3.00 bits per heavy atom. The topological polar surface area (TPSA) is 108 Å². The summed E-state index contributed by atoms with van der Waals surface area (Å²) < 4.78 is 5.08. The van der Waals surface area contributed by atoms with E-state index >= 15 is 0 Å². The summed E-state index contributed by atoms with van der Waals surface area (Å²) in [6.45, 7) is 2.01. The van der Waals surface area contributed by atoms with Crippen LogP contribution in [0, 0.1) is 10.1 Å². The first-order chi connectivity index (χ1) is 9.11. The van der Waals surface area contributed by atoms with Crippen LogP contribution in [0.5, 0.6) is 0 Å². The zero-order valence-electron chi connectivity index (χ0n) is 10.4. The summed E-state index contributed by atoms with van der Waals surface area (Å²) in [6, 6.07) is 5.78. The van der Waals surface area contributed by atoms with Crippen LogP contribution < -0.4 is 5.73 Å². The number of benzene rings is 1. The number of nitrogens with zero attached hydrogens (tertiary/aromatic N) is 3. The molecule has 0 saturated carbocycles. The van der Waals surface area contributed by atoms with Gasteiger partial charge in [-0.2, -0.15) is 4.98 Å². The highest BCUT2D eigenvalue weighted by Gasteiger charge is 2.16. The fourth-order valence-corrected chi connectivity index (χ4v) is 1.70. The number of aromatic nitrogens is 2. The van der Waals surface area contributed by atoms with E-state index in [2.05, 4.69) is 10.1 Å². The Morgan fingerprint density at radius 2 is 2.32 bits per heavy atom. The molecule has 1 heterocycles. The van der Waals surface area contributed by atoms with Crippen LogP contribution in [0.3, 0.4) is 0 Å². The summed E-state index contributed by atoms with van der Waals surface area (Å²) in [5.74, 6) is 0.661. The predicted molar refractivity (Wildman–Crippen MR) is 68.2 cm³/mol. The van der Waals surface area contributed by atoms with Crippen LogP contribution in [0.25, 0.3) is 11.4 Å². The van der Waals surface area contributed by atoms with E-state index in [9.17, 15) is 10.1 Å². The highest BCUT2D eigenvalue weighted by atomic mass is 16.6. The minimum Gasteiger partial charge on any atom is -0.337 e. The lowest BCUT2D eigenvalue weighted by Crippen LogP contribution is -2.09. The van der Waals surface area contributed by atoms with Gasteiger partial charge in [-0.05, 0) is 6.42 Å². The lowest BCUT2D eigenvalue weighted by Gasteiger charge is -2.02. The lowest BCUT2D eigenvalue weighted by atomic mass is 10.2. The van der Waals surface area contributed by atoms with Gasteiger partial charge in [-0.3, -0.25) is 10.1 Å². The van der Waals surface area contributed by atoms with Crippen molar-refractivity contribution < 1.29 is 9.45 Å². The van der Waals surface area contributed by atoms with Gasteiger partial charge in [0.15, 0.2) is 0 Å². The van der Waals surface area contributed by atoms with Crippen molar-refractivity contribution in [1.29, 1.82) is 0 Å². The molecule has 0 aliphatic heterocycles. The van der Waals surface area contributed by atoms with Gasteiger partial charge in [0.2, 0.25) is 11.7 Å². The molecule has 0 fully saturated rings. The van der Waals surface area contributed by atoms with Crippen LogP contribution in [-0.4, -0.2) is 15.1 Å². The molecule has 1 atom stereocenters. The van der Waals surface area contributed by atoms with Gasteiger partial charge in [0.1, 0.15) is 0 Å². The third kappa shape index (κ3) is 2.94. The van der Waals surface area contributed by atoms with E-state index in [1.807, 2.05) is 6.92 Å². The molecule has 7 heteroatoms. The van der Waals surface area contributed by atoms with Crippen molar-refractivity contribution in [3.05, 3.63) is 40.3 Å². The zero-order chi connectivity index (χ0) is 13.8. The zero-order valence-corrected chi connectivity index (χ0v) is 10.4. The molecule has 7 nitrogen and oxygen atoms in total. The van der Waals surface area contributed by atoms with Gasteiger partial charge >= 0.3 is 0 Å². The van der Waals surface area contributed by atoms with E-state index in [1.165, 1.54) is 12.1 Å². The fourth-order valence-electron chi connectivity index (χ4n) is 1.70. The van der Waals surface area contributed by atoms with Crippen LogP contribution in [0.1, 0.15) is 31.7 Å². The summed E-state index contributed by atoms with van der Waals surface area (Å²) in [6.07, 6.45) is 1.66. The maximum Gasteiger partial charge on any atom is 0.270 e. The molecule has 0 aliphatic rings. The van der Waals surface area contributed by atoms with Crippen LogP contribution >= 0.6 is 0 Å². The Labute approximate surface area is 109 Å². The average Bonchev–Trinajstić information content (AvgIpc) is 2.89. The SMILES string of the molecule is CCC[C@H](N)c1nc(-c2cccc([N+](=O)[O-])c2)no1. The molecule has 100 valence electrons. The first-order valence-electron chi connectivity index (χ1n) is 5.96. The van der Waals surface area contributed by atoms with E-state index in [-0.39, 0.29) is 11.7 Å². The number of hydrogen-bond acceptors (Lipinski definition) is 6. The Balaban J connectivity index is 2.27. The van der Waals surface area contributed by atoms with Gasteiger partial charge in [0.25, 0.3) is 5.69 Å². The molecule has 1 aromatic carbocycles. The van der Waals surface area contributed by atoms with Gasteiger partial charge in [-0.25, -0.2) is 0 Å². The van der Waals surface area contributed by atoms with Crippen molar-refractivity contribution in [1.82, 2.24) is 10.1 Å². The molecular formula is C12H14N4O3. The molecule has 19 heavy (non-hydrogen) atoms. The largest absolute Gasteiger partial charge is 0.337 e. The second kappa shape index (κ2) is 5.57. The van der Waals surface area contributed by atoms with Crippen LogP contribution in [-0.2, 0) is 0 Å². The molecule has 2 rings (SSSR count). The van der Waals surface area contributed by atoms with Gasteiger partial charge in [-0.1, -0.05) is 30.6 Å². The summed E-state index contributed by atoms with van der Waals surface area (Å²) in [5, 5.41) is 14.5. The Hall–Kier alpha value is -2.28. The number of rotatable bonds is 5. The number of non-ortho nitro benzene ring substituents is 1. The first-order valence-corrected chi connectivity index (χ1v) is 5.96. The van der Waals surface area contributed by atoms with E-state index in [0.29, 0.717) is 17.3 Å². The van der Waals surface area contributed by atoms with E-state index in [0.717, 1.165) is 12.8 Å². The summed E-state index contributed by atoms with van der Waals surface area (Å²) >= 11 is 0. The normalized spacial score (nSPS) is 12.3. The minimum atomic E-state index is -0.465. The molecular weight excluding hydrogens is 248 g/mol. The minimum absolute atomic E-state index is 0.0123. The second-order valence-corrected chi connectivity index (χ2v) is 4.16. The van der Waals surface area contributed by atoms with Gasteiger partial charge in [0, 0.05) is 17.7 Å². The molecule has 2 N–H and O–H groups in total.